The SMILES string of the molecule is CC(C)C[C@H](NC(=O)[C@H](Cc1c[nH]c2ccccc12)NC(=O)[C@H](CO)NC(=O)[C@H](CC(C)C)NC(=O)[C@@H](NC(=O)[C@H](Cc1ccccc1)NC(=O)[C@H](CO)NC(=O)[C@@H](N)CC(=O)O)C(C)C)C(=O)O. The molecule has 8 atom stereocenters. The van der Waals surface area contributed by atoms with Gasteiger partial charge in [0.05, 0.1) is 25.7 Å². The maximum Gasteiger partial charge on any atom is 0.326 e. The number of aliphatic carboxylic acids is 2. The number of aliphatic hydroxyl groups is 2. The van der Waals surface area contributed by atoms with E-state index in [9.17, 15) is 58.5 Å². The second-order valence-electron chi connectivity index (χ2n) is 18.0. The molecule has 22 heteroatoms. The fraction of sp³-hybridized carbons (Fsp3) is 0.511. The Kier molecular flexibility index (Phi) is 22.2. The van der Waals surface area contributed by atoms with Crippen LogP contribution in [0, 0.1) is 17.8 Å². The number of carbonyl (C=O) groups is 9. The molecule has 0 saturated heterocycles. The number of hydrogen-bond donors (Lipinski definition) is 13. The van der Waals surface area contributed by atoms with E-state index in [1.807, 2.05) is 6.07 Å². The zero-order valence-corrected chi connectivity index (χ0v) is 39.6. The molecule has 0 aliphatic rings. The molecular formula is C47H67N9O13. The first-order chi connectivity index (χ1) is 32.5. The molecule has 0 radical (unpaired) electrons. The predicted molar refractivity (Wildman–Crippen MR) is 251 cm³/mol. The van der Waals surface area contributed by atoms with Crippen LogP contribution in [0.25, 0.3) is 10.9 Å². The molecule has 0 aliphatic carbocycles. The van der Waals surface area contributed by atoms with Crippen molar-refractivity contribution >= 4 is 64.2 Å². The van der Waals surface area contributed by atoms with E-state index in [0.29, 0.717) is 11.1 Å². The molecule has 2 aromatic carbocycles. The third-order valence-corrected chi connectivity index (χ3v) is 10.9. The van der Waals surface area contributed by atoms with Gasteiger partial charge in [-0.2, -0.15) is 0 Å². The molecule has 3 aromatic rings. The molecule has 7 amide bonds. The Labute approximate surface area is 399 Å². The standard InChI is InChI=1S/C47H67N9O13/c1-24(2)16-32(41(62)55-37(23-58)45(66)51-34(42(63)53-35(47(68)69)17-25(3)4)19-28-21-49-31-15-11-10-14-29(28)31)52-46(67)39(26(5)6)56-43(64)33(18-27-12-8-7-9-13-27)50-44(65)36(22-57)54-40(61)30(48)20-38(59)60/h7-15,21,24-26,30,32-37,39,49,57-58H,16-20,22-23,48H2,1-6H3,(H,50,65)(H,51,66)(H,52,67)(H,53,63)(H,54,61)(H,55,62)(H,56,64)(H,59,60)(H,68,69)/t30-,32-,33-,34-,35-,36-,37-,39-/m0/s1. The summed E-state index contributed by atoms with van der Waals surface area (Å²) in [6, 6.07) is 4.08. The number of amides is 7. The summed E-state index contributed by atoms with van der Waals surface area (Å²) in [5, 5.41) is 57.4. The topological polar surface area (TPSA) is 361 Å². The molecule has 0 unspecified atom stereocenters. The van der Waals surface area contributed by atoms with Gasteiger partial charge in [0.2, 0.25) is 41.4 Å². The number of nitrogens with two attached hydrogens (primary N) is 1. The van der Waals surface area contributed by atoms with Crippen molar-refractivity contribution in [2.75, 3.05) is 13.2 Å². The number of aromatic nitrogens is 1. The van der Waals surface area contributed by atoms with Crippen LogP contribution >= 0.6 is 0 Å². The molecule has 0 bridgehead atoms. The first-order valence-electron chi connectivity index (χ1n) is 22.7. The van der Waals surface area contributed by atoms with Gasteiger partial charge in [-0.1, -0.05) is 90.1 Å². The van der Waals surface area contributed by atoms with Crippen LogP contribution in [0.4, 0.5) is 0 Å². The minimum atomic E-state index is -1.66. The van der Waals surface area contributed by atoms with Crippen molar-refractivity contribution < 1.29 is 63.6 Å². The number of carboxylic acids is 2. The number of nitrogens with one attached hydrogen (secondary N) is 8. The third kappa shape index (κ3) is 17.9. The van der Waals surface area contributed by atoms with Gasteiger partial charge in [0.15, 0.2) is 0 Å². The molecule has 0 aliphatic heterocycles. The van der Waals surface area contributed by atoms with Crippen LogP contribution in [0.5, 0.6) is 0 Å². The highest BCUT2D eigenvalue weighted by molar-refractivity contribution is 5.98. The van der Waals surface area contributed by atoms with Crippen molar-refractivity contribution in [2.45, 2.75) is 122 Å². The van der Waals surface area contributed by atoms with Crippen molar-refractivity contribution in [3.63, 3.8) is 0 Å². The monoisotopic (exact) mass is 965 g/mol. The Morgan fingerprint density at radius 1 is 0.536 bits per heavy atom. The maximum atomic E-state index is 14.0. The summed E-state index contributed by atoms with van der Waals surface area (Å²) < 4.78 is 0. The van der Waals surface area contributed by atoms with E-state index in [-0.39, 0.29) is 37.5 Å². The minimum Gasteiger partial charge on any atom is -0.481 e. The quantitative estimate of drug-likeness (QED) is 0.0414. The van der Waals surface area contributed by atoms with E-state index in [2.05, 4.69) is 42.2 Å². The number of fused-ring (bicyclic) bond motifs is 1. The van der Waals surface area contributed by atoms with Crippen molar-refractivity contribution in [1.29, 1.82) is 0 Å². The number of H-pyrrole nitrogens is 1. The zero-order valence-electron chi connectivity index (χ0n) is 39.6. The molecule has 1 heterocycles. The van der Waals surface area contributed by atoms with Gasteiger partial charge in [-0.15, -0.1) is 0 Å². The lowest BCUT2D eigenvalue weighted by Crippen LogP contribution is -2.62. The Bertz CT molecular complexity index is 2250. The average molecular weight is 966 g/mol. The highest BCUT2D eigenvalue weighted by atomic mass is 16.4. The van der Waals surface area contributed by atoms with Crippen molar-refractivity contribution in [3.8, 4) is 0 Å². The van der Waals surface area contributed by atoms with Gasteiger partial charge in [-0.05, 0) is 47.8 Å². The van der Waals surface area contributed by atoms with E-state index in [1.165, 1.54) is 0 Å². The van der Waals surface area contributed by atoms with Gasteiger partial charge in [0, 0.05) is 29.9 Å². The molecule has 0 fully saturated rings. The largest absolute Gasteiger partial charge is 0.481 e. The highest BCUT2D eigenvalue weighted by Gasteiger charge is 2.36. The number of hydrogen-bond acceptors (Lipinski definition) is 12. The average Bonchev–Trinajstić information content (AvgIpc) is 3.69. The lowest BCUT2D eigenvalue weighted by molar-refractivity contribution is -0.143. The molecule has 3 rings (SSSR count). The van der Waals surface area contributed by atoms with E-state index in [4.69, 9.17) is 10.8 Å². The minimum absolute atomic E-state index is 0.0191. The van der Waals surface area contributed by atoms with Gasteiger partial charge in [0.1, 0.15) is 42.3 Å². The van der Waals surface area contributed by atoms with Gasteiger partial charge in [-0.25, -0.2) is 4.79 Å². The summed E-state index contributed by atoms with van der Waals surface area (Å²) >= 11 is 0. The third-order valence-electron chi connectivity index (χ3n) is 10.9. The maximum absolute atomic E-state index is 14.0. The van der Waals surface area contributed by atoms with Crippen molar-refractivity contribution in [2.24, 2.45) is 23.5 Å². The first kappa shape index (κ1) is 56.4. The first-order valence-corrected chi connectivity index (χ1v) is 22.7. The number of carbonyl (C=O) groups excluding carboxylic acids is 7. The lowest BCUT2D eigenvalue weighted by Gasteiger charge is -2.29. The van der Waals surface area contributed by atoms with Gasteiger partial charge < -0.3 is 68.4 Å². The predicted octanol–water partition coefficient (Wildman–Crippen LogP) is -1.03. The second-order valence-corrected chi connectivity index (χ2v) is 18.0. The lowest BCUT2D eigenvalue weighted by atomic mass is 9.98. The van der Waals surface area contributed by atoms with Crippen LogP contribution in [0.15, 0.2) is 60.8 Å². The Morgan fingerprint density at radius 2 is 0.986 bits per heavy atom. The molecule has 0 saturated carbocycles. The van der Waals surface area contributed by atoms with Crippen LogP contribution in [-0.4, -0.2) is 140 Å². The van der Waals surface area contributed by atoms with Crippen LogP contribution in [0.1, 0.15) is 71.9 Å². The number of carboxylic acid groups (broad SMARTS) is 2. The van der Waals surface area contributed by atoms with E-state index in [0.717, 1.165) is 10.9 Å². The summed E-state index contributed by atoms with van der Waals surface area (Å²) in [6.45, 7) is 8.44. The number of aliphatic hydroxyl groups excluding tert-OH is 2. The van der Waals surface area contributed by atoms with Crippen molar-refractivity contribution in [1.82, 2.24) is 42.2 Å². The zero-order chi connectivity index (χ0) is 51.5. The number of aromatic amines is 1. The molecule has 14 N–H and O–H groups in total. The van der Waals surface area contributed by atoms with Crippen molar-refractivity contribution in [3.05, 3.63) is 71.9 Å². The van der Waals surface area contributed by atoms with Gasteiger partial charge >= 0.3 is 11.9 Å². The Hall–Kier alpha value is -6.91. The number of rotatable bonds is 28. The van der Waals surface area contributed by atoms with E-state index >= 15 is 0 Å². The van der Waals surface area contributed by atoms with Crippen LogP contribution < -0.4 is 43.0 Å². The van der Waals surface area contributed by atoms with E-state index in [1.54, 1.807) is 96.3 Å². The molecule has 0 spiro atoms. The summed E-state index contributed by atoms with van der Waals surface area (Å²) in [6.07, 6.45) is 0.778. The van der Waals surface area contributed by atoms with Crippen LogP contribution in [0.3, 0.4) is 0 Å². The molecular weight excluding hydrogens is 899 g/mol. The fourth-order valence-corrected chi connectivity index (χ4v) is 7.27. The normalized spacial score (nSPS) is 14.8. The Morgan fingerprint density at radius 3 is 1.52 bits per heavy atom. The van der Waals surface area contributed by atoms with Crippen LogP contribution in [-0.2, 0) is 56.0 Å². The summed E-state index contributed by atoms with van der Waals surface area (Å²) in [7, 11) is 0. The number of benzene rings is 2. The summed E-state index contributed by atoms with van der Waals surface area (Å²) in [4.78, 5) is 122. The molecule has 1 aromatic heterocycles. The molecule has 69 heavy (non-hydrogen) atoms. The second kappa shape index (κ2) is 27.2. The van der Waals surface area contributed by atoms with Gasteiger partial charge in [-0.3, -0.25) is 38.4 Å². The fourth-order valence-electron chi connectivity index (χ4n) is 7.27. The number of para-hydroxylation sites is 1. The highest BCUT2D eigenvalue weighted by Crippen LogP contribution is 2.20. The van der Waals surface area contributed by atoms with Crippen LogP contribution in [0.2, 0.25) is 0 Å². The molecule has 22 nitrogen and oxygen atoms in total. The molecule has 378 valence electrons. The Balaban J connectivity index is 1.83. The summed E-state index contributed by atoms with van der Waals surface area (Å²) in [5.74, 6) is -10.1. The smallest absolute Gasteiger partial charge is 0.326 e. The van der Waals surface area contributed by atoms with Gasteiger partial charge in [0.25, 0.3) is 0 Å². The van der Waals surface area contributed by atoms with E-state index < -0.39 is 127 Å². The summed E-state index contributed by atoms with van der Waals surface area (Å²) in [5.41, 5.74) is 7.55.